The Morgan fingerprint density at radius 1 is 0.429 bits per heavy atom. The Labute approximate surface area is 245 Å². The Hall–Kier alpha value is -5.34. The van der Waals surface area contributed by atoms with Gasteiger partial charge < -0.3 is 4.74 Å². The summed E-state index contributed by atoms with van der Waals surface area (Å²) in [6.07, 6.45) is 0. The van der Waals surface area contributed by atoms with E-state index < -0.39 is 0 Å². The van der Waals surface area contributed by atoms with Gasteiger partial charge >= 0.3 is 0 Å². The summed E-state index contributed by atoms with van der Waals surface area (Å²) in [5.74, 6) is 1.88. The van der Waals surface area contributed by atoms with Gasteiger partial charge in [-0.15, -0.1) is 0 Å². The third kappa shape index (κ3) is 3.39. The third-order valence-corrected chi connectivity index (χ3v) is 8.96. The van der Waals surface area contributed by atoms with E-state index in [1.807, 2.05) is 0 Å². The molecule has 1 aliphatic rings. The molecule has 0 aliphatic carbocycles. The van der Waals surface area contributed by atoms with Crippen molar-refractivity contribution >= 4 is 55.4 Å². The number of hydrogen-bond donors (Lipinski definition) is 0. The van der Waals surface area contributed by atoms with Crippen LogP contribution in [0.2, 0.25) is 0 Å². The molecule has 8 aromatic carbocycles. The Balaban J connectivity index is 1.36. The number of rotatable bonds is 3. The first-order valence-electron chi connectivity index (χ1n) is 14.6. The number of benzene rings is 8. The molecule has 0 bridgehead atoms. The van der Waals surface area contributed by atoms with Crippen molar-refractivity contribution in [1.82, 2.24) is 0 Å². The zero-order valence-electron chi connectivity index (χ0n) is 22.9. The first-order valence-corrected chi connectivity index (χ1v) is 14.6. The van der Waals surface area contributed by atoms with Crippen LogP contribution in [0.1, 0.15) is 0 Å². The molecule has 2 heteroatoms. The summed E-state index contributed by atoms with van der Waals surface area (Å²) < 4.78 is 6.64. The van der Waals surface area contributed by atoms with Crippen molar-refractivity contribution in [3.8, 4) is 33.8 Å². The topological polar surface area (TPSA) is 9.23 Å². The van der Waals surface area contributed by atoms with E-state index in [1.165, 1.54) is 71.0 Å². The number of fused-ring (bicyclic) bond motifs is 3. The van der Waals surface area contributed by atoms with Gasteiger partial charge in [0.2, 0.25) is 0 Å². The molecular weight excluding hydrogens is 507 g/mol. The molecule has 1 nitrogen and oxygen atoms in total. The second kappa shape index (κ2) is 9.09. The van der Waals surface area contributed by atoms with Crippen molar-refractivity contribution in [2.24, 2.45) is 0 Å². The van der Waals surface area contributed by atoms with E-state index >= 15 is 0 Å². The van der Waals surface area contributed by atoms with Crippen molar-refractivity contribution < 1.29 is 4.74 Å². The SMILES string of the molecule is c1ccc(B2c3ccccc3Oc3cc4ccc5c(-c6ccccc6-c6ccccc6)ccc6ccc(c32)c4c65)cc1. The van der Waals surface area contributed by atoms with Crippen LogP contribution < -0.4 is 21.1 Å². The van der Waals surface area contributed by atoms with Crippen molar-refractivity contribution in [3.05, 3.63) is 152 Å². The fraction of sp³-hybridized carbons (Fsp3) is 0. The second-order valence-corrected chi connectivity index (χ2v) is 11.2. The Morgan fingerprint density at radius 3 is 1.93 bits per heavy atom. The minimum Gasteiger partial charge on any atom is -0.458 e. The molecule has 1 heterocycles. The van der Waals surface area contributed by atoms with E-state index in [0.29, 0.717) is 0 Å². The number of ether oxygens (including phenoxy) is 1. The molecule has 0 radical (unpaired) electrons. The predicted octanol–water partition coefficient (Wildman–Crippen LogP) is 8.54. The molecular formula is C40H25BO. The lowest BCUT2D eigenvalue weighted by molar-refractivity contribution is 0.488. The summed E-state index contributed by atoms with van der Waals surface area (Å²) >= 11 is 0. The monoisotopic (exact) mass is 532 g/mol. The van der Waals surface area contributed by atoms with Gasteiger partial charge in [-0.05, 0) is 77.6 Å². The molecule has 194 valence electrons. The quantitative estimate of drug-likeness (QED) is 0.164. The molecule has 0 saturated carbocycles. The summed E-state index contributed by atoms with van der Waals surface area (Å²) in [7, 11) is 0. The van der Waals surface area contributed by atoms with Gasteiger partial charge in [-0.1, -0.05) is 145 Å². The molecule has 0 N–H and O–H groups in total. The molecule has 0 atom stereocenters. The van der Waals surface area contributed by atoms with Gasteiger partial charge in [-0.2, -0.15) is 0 Å². The molecule has 1 aliphatic heterocycles. The molecule has 0 aromatic heterocycles. The third-order valence-electron chi connectivity index (χ3n) is 8.96. The maximum Gasteiger partial charge on any atom is 0.251 e. The van der Waals surface area contributed by atoms with E-state index in [1.54, 1.807) is 0 Å². The van der Waals surface area contributed by atoms with Gasteiger partial charge in [0.05, 0.1) is 0 Å². The van der Waals surface area contributed by atoms with Crippen molar-refractivity contribution in [2.45, 2.75) is 0 Å². The van der Waals surface area contributed by atoms with Crippen LogP contribution >= 0.6 is 0 Å². The summed E-state index contributed by atoms with van der Waals surface area (Å²) in [6.45, 7) is 0.0917. The lowest BCUT2D eigenvalue weighted by Crippen LogP contribution is -2.55. The van der Waals surface area contributed by atoms with Crippen molar-refractivity contribution in [3.63, 3.8) is 0 Å². The van der Waals surface area contributed by atoms with Crippen LogP contribution in [0.4, 0.5) is 0 Å². The van der Waals surface area contributed by atoms with Crippen LogP contribution in [-0.4, -0.2) is 6.71 Å². The molecule has 0 spiro atoms. The van der Waals surface area contributed by atoms with Gasteiger partial charge in [0.1, 0.15) is 11.5 Å². The number of para-hydroxylation sites is 1. The predicted molar refractivity (Wildman–Crippen MR) is 179 cm³/mol. The van der Waals surface area contributed by atoms with Gasteiger partial charge in [-0.3, -0.25) is 0 Å². The standard InChI is InChI=1S/C40H25BO/c1-3-11-26(12-4-1)30-15-7-8-16-31(30)32-22-19-27-20-24-34-39-28(21-23-33(32)38(27)39)25-37-40(34)41(29-13-5-2-6-14-29)35-17-9-10-18-36(35)42-37/h1-25H. The van der Waals surface area contributed by atoms with Crippen LogP contribution in [0.25, 0.3) is 54.6 Å². The zero-order chi connectivity index (χ0) is 27.6. The lowest BCUT2D eigenvalue weighted by Gasteiger charge is -2.29. The molecule has 0 fully saturated rings. The van der Waals surface area contributed by atoms with Crippen molar-refractivity contribution in [1.29, 1.82) is 0 Å². The van der Waals surface area contributed by atoms with Crippen LogP contribution in [0.3, 0.4) is 0 Å². The second-order valence-electron chi connectivity index (χ2n) is 11.2. The summed E-state index contributed by atoms with van der Waals surface area (Å²) in [5, 5.41) is 7.64. The minimum absolute atomic E-state index is 0.0917. The smallest absolute Gasteiger partial charge is 0.251 e. The van der Waals surface area contributed by atoms with Crippen LogP contribution in [0.5, 0.6) is 11.5 Å². The molecule has 0 saturated heterocycles. The zero-order valence-corrected chi connectivity index (χ0v) is 22.9. The fourth-order valence-corrected chi connectivity index (χ4v) is 7.15. The maximum atomic E-state index is 6.64. The molecule has 9 rings (SSSR count). The normalized spacial score (nSPS) is 12.4. The summed E-state index contributed by atoms with van der Waals surface area (Å²) in [6, 6.07) is 54.8. The van der Waals surface area contributed by atoms with E-state index in [0.717, 1.165) is 11.5 Å². The Kier molecular flexibility index (Phi) is 5.06. The van der Waals surface area contributed by atoms with E-state index in [9.17, 15) is 0 Å². The number of hydrogen-bond acceptors (Lipinski definition) is 1. The summed E-state index contributed by atoms with van der Waals surface area (Å²) in [5.41, 5.74) is 8.73. The largest absolute Gasteiger partial charge is 0.458 e. The van der Waals surface area contributed by atoms with E-state index in [-0.39, 0.29) is 6.71 Å². The average molecular weight is 532 g/mol. The van der Waals surface area contributed by atoms with Crippen LogP contribution in [0.15, 0.2) is 152 Å². The van der Waals surface area contributed by atoms with Crippen molar-refractivity contribution in [2.75, 3.05) is 0 Å². The van der Waals surface area contributed by atoms with E-state index in [4.69, 9.17) is 4.74 Å². The molecule has 0 amide bonds. The first kappa shape index (κ1) is 23.4. The minimum atomic E-state index is 0.0917. The molecule has 0 unspecified atom stereocenters. The highest BCUT2D eigenvalue weighted by Crippen LogP contribution is 2.43. The fourth-order valence-electron chi connectivity index (χ4n) is 7.15. The average Bonchev–Trinajstić information content (AvgIpc) is 3.06. The van der Waals surface area contributed by atoms with Gasteiger partial charge in [0.25, 0.3) is 6.71 Å². The Morgan fingerprint density at radius 2 is 1.07 bits per heavy atom. The molecule has 42 heavy (non-hydrogen) atoms. The van der Waals surface area contributed by atoms with Gasteiger partial charge in [0, 0.05) is 0 Å². The van der Waals surface area contributed by atoms with Gasteiger partial charge in [0.15, 0.2) is 0 Å². The maximum absolute atomic E-state index is 6.64. The lowest BCUT2D eigenvalue weighted by atomic mass is 9.35. The molecule has 8 aromatic rings. The highest BCUT2D eigenvalue weighted by molar-refractivity contribution is 6.98. The first-order chi connectivity index (χ1) is 20.8. The summed E-state index contributed by atoms with van der Waals surface area (Å²) in [4.78, 5) is 0. The van der Waals surface area contributed by atoms with Crippen LogP contribution in [0, 0.1) is 0 Å². The highest BCUT2D eigenvalue weighted by atomic mass is 16.5. The van der Waals surface area contributed by atoms with E-state index in [2.05, 4.69) is 152 Å². The van der Waals surface area contributed by atoms with Crippen LogP contribution in [-0.2, 0) is 0 Å². The van der Waals surface area contributed by atoms with Gasteiger partial charge in [-0.25, -0.2) is 0 Å². The Bertz CT molecular complexity index is 2270. The highest BCUT2D eigenvalue weighted by Gasteiger charge is 2.34.